The number of methoxy groups -OCH3 is 2. The Morgan fingerprint density at radius 1 is 1.14 bits per heavy atom. The number of urea groups is 1. The number of nitrogens with one attached hydrogen (secondary N) is 1. The van der Waals surface area contributed by atoms with E-state index in [0.29, 0.717) is 35.9 Å². The molecule has 1 saturated heterocycles. The molecule has 1 aliphatic rings. The number of anilines is 1. The summed E-state index contributed by atoms with van der Waals surface area (Å²) in [5.41, 5.74) is 1.94. The van der Waals surface area contributed by atoms with E-state index in [1.807, 2.05) is 18.2 Å². The SMILES string of the molecule is CCOC(=O)c1ccc(NC(=O)N2CCSC2c2cc(OC)ccc2OC)cc1. The van der Waals surface area contributed by atoms with E-state index in [1.54, 1.807) is 62.1 Å². The maximum atomic E-state index is 12.9. The third-order valence-electron chi connectivity index (χ3n) is 4.50. The Hall–Kier alpha value is -2.87. The first-order valence-corrected chi connectivity index (χ1v) is 10.3. The standard InChI is InChI=1S/C21H24N2O5S/c1-4-28-20(24)14-5-7-15(8-6-14)22-21(25)23-11-12-29-19(23)17-13-16(26-2)9-10-18(17)27-3/h5-10,13,19H,4,11-12H2,1-3H3,(H,22,25). The largest absolute Gasteiger partial charge is 0.497 e. The van der Waals surface area contributed by atoms with Crippen LogP contribution in [0.15, 0.2) is 42.5 Å². The van der Waals surface area contributed by atoms with Gasteiger partial charge in [0.25, 0.3) is 0 Å². The van der Waals surface area contributed by atoms with E-state index in [0.717, 1.165) is 11.3 Å². The number of ether oxygens (including phenoxy) is 3. The van der Waals surface area contributed by atoms with Gasteiger partial charge in [0.15, 0.2) is 0 Å². The molecule has 0 aromatic heterocycles. The third-order valence-corrected chi connectivity index (χ3v) is 5.74. The summed E-state index contributed by atoms with van der Waals surface area (Å²) in [4.78, 5) is 26.4. The van der Waals surface area contributed by atoms with E-state index < -0.39 is 0 Å². The van der Waals surface area contributed by atoms with Crippen molar-refractivity contribution >= 4 is 29.4 Å². The molecule has 2 aromatic rings. The van der Waals surface area contributed by atoms with Crippen LogP contribution in [0.4, 0.5) is 10.5 Å². The van der Waals surface area contributed by atoms with Crippen molar-refractivity contribution in [1.82, 2.24) is 4.90 Å². The van der Waals surface area contributed by atoms with Crippen molar-refractivity contribution in [2.75, 3.05) is 38.4 Å². The fourth-order valence-electron chi connectivity index (χ4n) is 3.07. The number of esters is 1. The zero-order valence-corrected chi connectivity index (χ0v) is 17.5. The summed E-state index contributed by atoms with van der Waals surface area (Å²) >= 11 is 1.67. The zero-order chi connectivity index (χ0) is 20.8. The lowest BCUT2D eigenvalue weighted by atomic mass is 10.1. The number of benzene rings is 2. The Labute approximate surface area is 174 Å². The summed E-state index contributed by atoms with van der Waals surface area (Å²) in [6.45, 7) is 2.69. The fourth-order valence-corrected chi connectivity index (χ4v) is 4.34. The normalized spacial score (nSPS) is 15.7. The van der Waals surface area contributed by atoms with Gasteiger partial charge in [-0.2, -0.15) is 0 Å². The molecule has 0 aliphatic carbocycles. The second-order valence-electron chi connectivity index (χ2n) is 6.25. The number of thioether (sulfide) groups is 1. The van der Waals surface area contributed by atoms with Gasteiger partial charge in [-0.25, -0.2) is 9.59 Å². The number of rotatable bonds is 6. The highest BCUT2D eigenvalue weighted by molar-refractivity contribution is 7.99. The van der Waals surface area contributed by atoms with Crippen LogP contribution < -0.4 is 14.8 Å². The van der Waals surface area contributed by atoms with Crippen molar-refractivity contribution in [2.45, 2.75) is 12.3 Å². The predicted octanol–water partition coefficient (Wildman–Crippen LogP) is 4.16. The second kappa shape index (κ2) is 9.56. The van der Waals surface area contributed by atoms with Crippen LogP contribution in [0.5, 0.6) is 11.5 Å². The summed E-state index contributed by atoms with van der Waals surface area (Å²) < 4.78 is 15.8. The molecule has 8 heteroatoms. The van der Waals surface area contributed by atoms with Gasteiger partial charge in [-0.05, 0) is 49.4 Å². The Morgan fingerprint density at radius 3 is 2.55 bits per heavy atom. The zero-order valence-electron chi connectivity index (χ0n) is 16.6. The number of carbonyl (C=O) groups excluding carboxylic acids is 2. The lowest BCUT2D eigenvalue weighted by Crippen LogP contribution is -2.34. The van der Waals surface area contributed by atoms with Crippen LogP contribution in [0.3, 0.4) is 0 Å². The lowest BCUT2D eigenvalue weighted by molar-refractivity contribution is 0.0526. The molecule has 154 valence electrons. The highest BCUT2D eigenvalue weighted by atomic mass is 32.2. The molecule has 0 spiro atoms. The minimum absolute atomic E-state index is 0.182. The van der Waals surface area contributed by atoms with E-state index in [2.05, 4.69) is 5.32 Å². The predicted molar refractivity (Wildman–Crippen MR) is 113 cm³/mol. The maximum Gasteiger partial charge on any atom is 0.338 e. The van der Waals surface area contributed by atoms with E-state index in [1.165, 1.54) is 0 Å². The first kappa shape index (κ1) is 20.9. The molecule has 2 aromatic carbocycles. The van der Waals surface area contributed by atoms with Crippen molar-refractivity contribution in [3.8, 4) is 11.5 Å². The molecule has 0 radical (unpaired) electrons. The molecular formula is C21H24N2O5S. The molecule has 1 N–H and O–H groups in total. The topological polar surface area (TPSA) is 77.1 Å². The summed E-state index contributed by atoms with van der Waals surface area (Å²) in [5, 5.41) is 2.72. The molecule has 3 rings (SSSR count). The molecule has 1 fully saturated rings. The highest BCUT2D eigenvalue weighted by Crippen LogP contribution is 2.43. The van der Waals surface area contributed by atoms with Crippen molar-refractivity contribution in [1.29, 1.82) is 0 Å². The van der Waals surface area contributed by atoms with Gasteiger partial charge in [-0.1, -0.05) is 0 Å². The van der Waals surface area contributed by atoms with Gasteiger partial charge in [-0.15, -0.1) is 11.8 Å². The first-order valence-electron chi connectivity index (χ1n) is 9.25. The van der Waals surface area contributed by atoms with Crippen LogP contribution >= 0.6 is 11.8 Å². The van der Waals surface area contributed by atoms with Crippen LogP contribution in [0.2, 0.25) is 0 Å². The van der Waals surface area contributed by atoms with Crippen molar-refractivity contribution in [3.05, 3.63) is 53.6 Å². The van der Waals surface area contributed by atoms with Crippen molar-refractivity contribution in [3.63, 3.8) is 0 Å². The highest BCUT2D eigenvalue weighted by Gasteiger charge is 2.33. The van der Waals surface area contributed by atoms with Crippen molar-refractivity contribution in [2.24, 2.45) is 0 Å². The molecule has 2 amide bonds. The van der Waals surface area contributed by atoms with Crippen LogP contribution in [-0.2, 0) is 4.74 Å². The van der Waals surface area contributed by atoms with Gasteiger partial charge in [0, 0.05) is 23.5 Å². The first-order chi connectivity index (χ1) is 14.1. The molecular weight excluding hydrogens is 392 g/mol. The summed E-state index contributed by atoms with van der Waals surface area (Å²) in [6, 6.07) is 12.0. The lowest BCUT2D eigenvalue weighted by Gasteiger charge is -2.26. The molecule has 1 atom stereocenters. The summed E-state index contributed by atoms with van der Waals surface area (Å²) in [6.07, 6.45) is 0. The van der Waals surface area contributed by atoms with Gasteiger partial charge >= 0.3 is 12.0 Å². The number of amides is 2. The Morgan fingerprint density at radius 2 is 1.90 bits per heavy atom. The Balaban J connectivity index is 1.75. The molecule has 29 heavy (non-hydrogen) atoms. The van der Waals surface area contributed by atoms with Crippen LogP contribution in [0, 0.1) is 0 Å². The Kier molecular flexibility index (Phi) is 6.87. The monoisotopic (exact) mass is 416 g/mol. The number of nitrogens with zero attached hydrogens (tertiary/aromatic N) is 1. The second-order valence-corrected chi connectivity index (χ2v) is 7.44. The number of carbonyl (C=O) groups is 2. The van der Waals surface area contributed by atoms with Gasteiger partial charge in [0.05, 0.1) is 26.4 Å². The van der Waals surface area contributed by atoms with E-state index in [-0.39, 0.29) is 17.4 Å². The molecule has 0 bridgehead atoms. The molecule has 1 aliphatic heterocycles. The number of hydrogen-bond donors (Lipinski definition) is 1. The minimum atomic E-state index is -0.383. The average Bonchev–Trinajstić information content (AvgIpc) is 3.24. The minimum Gasteiger partial charge on any atom is -0.497 e. The molecule has 0 saturated carbocycles. The summed E-state index contributed by atoms with van der Waals surface area (Å²) in [5.74, 6) is 1.86. The molecule has 1 heterocycles. The van der Waals surface area contributed by atoms with Crippen LogP contribution in [-0.4, -0.2) is 50.0 Å². The van der Waals surface area contributed by atoms with Gasteiger partial charge in [-0.3, -0.25) is 0 Å². The third kappa shape index (κ3) is 4.76. The smallest absolute Gasteiger partial charge is 0.338 e. The average molecular weight is 416 g/mol. The van der Waals surface area contributed by atoms with E-state index >= 15 is 0 Å². The quantitative estimate of drug-likeness (QED) is 0.713. The number of hydrogen-bond acceptors (Lipinski definition) is 6. The van der Waals surface area contributed by atoms with Crippen LogP contribution in [0.25, 0.3) is 0 Å². The van der Waals surface area contributed by atoms with Gasteiger partial charge < -0.3 is 24.4 Å². The van der Waals surface area contributed by atoms with Crippen molar-refractivity contribution < 1.29 is 23.8 Å². The molecule has 7 nitrogen and oxygen atoms in total. The molecule has 1 unspecified atom stereocenters. The van der Waals surface area contributed by atoms with E-state index in [4.69, 9.17) is 14.2 Å². The maximum absolute atomic E-state index is 12.9. The Bertz CT molecular complexity index is 872. The summed E-state index contributed by atoms with van der Waals surface area (Å²) in [7, 11) is 3.22. The van der Waals surface area contributed by atoms with Crippen LogP contribution in [0.1, 0.15) is 28.2 Å². The van der Waals surface area contributed by atoms with E-state index in [9.17, 15) is 9.59 Å². The van der Waals surface area contributed by atoms with Gasteiger partial charge in [0.2, 0.25) is 0 Å². The van der Waals surface area contributed by atoms with Gasteiger partial charge in [0.1, 0.15) is 16.9 Å². The fraction of sp³-hybridized carbons (Fsp3) is 0.333.